The zero-order chi connectivity index (χ0) is 18.8. The molecule has 1 aliphatic rings. The van der Waals surface area contributed by atoms with Gasteiger partial charge in [-0.15, -0.1) is 0 Å². The van der Waals surface area contributed by atoms with Crippen LogP contribution in [0.4, 0.5) is 0 Å². The van der Waals surface area contributed by atoms with Crippen LogP contribution in [-0.2, 0) is 11.3 Å². The topological polar surface area (TPSA) is 79.0 Å². The van der Waals surface area contributed by atoms with E-state index in [4.69, 9.17) is 4.74 Å². The van der Waals surface area contributed by atoms with Crippen LogP contribution >= 0.6 is 0 Å². The summed E-state index contributed by atoms with van der Waals surface area (Å²) >= 11 is 0. The standard InChI is InChI=1S/C20H22N4O3/c1-27-19(25)15-7-8-17-18(9-15)23(12-14-10-21-13-22-11-14)20(26)24(17)16-5-3-2-4-6-16/h7-11,13,16H,2-6,12H2,1H3. The van der Waals surface area contributed by atoms with Gasteiger partial charge in [0.05, 0.1) is 30.3 Å². The number of hydrogen-bond acceptors (Lipinski definition) is 5. The Hall–Kier alpha value is -2.96. The molecule has 4 rings (SSSR count). The summed E-state index contributed by atoms with van der Waals surface area (Å²) in [5, 5.41) is 0. The maximum Gasteiger partial charge on any atom is 0.337 e. The Balaban J connectivity index is 1.88. The van der Waals surface area contributed by atoms with Gasteiger partial charge in [-0.25, -0.2) is 19.6 Å². The van der Waals surface area contributed by atoms with Gasteiger partial charge < -0.3 is 4.74 Å². The fourth-order valence-corrected chi connectivity index (χ4v) is 3.96. The summed E-state index contributed by atoms with van der Waals surface area (Å²) in [5.41, 5.74) is 2.81. The lowest BCUT2D eigenvalue weighted by Crippen LogP contribution is -2.29. The minimum atomic E-state index is -0.413. The second-order valence-electron chi connectivity index (χ2n) is 6.97. The van der Waals surface area contributed by atoms with Crippen molar-refractivity contribution >= 4 is 17.0 Å². The predicted molar refractivity (Wildman–Crippen MR) is 101 cm³/mol. The SMILES string of the molecule is COC(=O)c1ccc2c(c1)n(Cc1cncnc1)c(=O)n2C1CCCCC1. The number of carbonyl (C=O) groups is 1. The van der Waals surface area contributed by atoms with Gasteiger partial charge in [0.2, 0.25) is 0 Å². The number of nitrogens with zero attached hydrogens (tertiary/aromatic N) is 4. The van der Waals surface area contributed by atoms with Gasteiger partial charge in [0, 0.05) is 24.0 Å². The van der Waals surface area contributed by atoms with Crippen LogP contribution in [0, 0.1) is 0 Å². The molecule has 1 aromatic carbocycles. The minimum absolute atomic E-state index is 0.0530. The molecule has 0 atom stereocenters. The third-order valence-corrected chi connectivity index (χ3v) is 5.28. The Morgan fingerprint density at radius 1 is 1.15 bits per heavy atom. The van der Waals surface area contributed by atoms with Gasteiger partial charge in [0.1, 0.15) is 6.33 Å². The number of fused-ring (bicyclic) bond motifs is 1. The number of aromatic nitrogens is 4. The lowest BCUT2D eigenvalue weighted by Gasteiger charge is -2.23. The first-order chi connectivity index (χ1) is 13.2. The Labute approximate surface area is 156 Å². The van der Waals surface area contributed by atoms with E-state index in [0.717, 1.165) is 42.3 Å². The van der Waals surface area contributed by atoms with E-state index in [0.29, 0.717) is 12.1 Å². The van der Waals surface area contributed by atoms with Gasteiger partial charge in [-0.3, -0.25) is 9.13 Å². The number of methoxy groups -OCH3 is 1. The lowest BCUT2D eigenvalue weighted by molar-refractivity contribution is 0.0601. The summed E-state index contributed by atoms with van der Waals surface area (Å²) in [6.45, 7) is 0.362. The Kier molecular flexibility index (Phi) is 4.75. The molecule has 3 aromatic rings. The van der Waals surface area contributed by atoms with Crippen molar-refractivity contribution in [2.45, 2.75) is 44.7 Å². The van der Waals surface area contributed by atoms with E-state index in [-0.39, 0.29) is 11.7 Å². The van der Waals surface area contributed by atoms with Crippen LogP contribution in [0.15, 0.2) is 41.7 Å². The van der Waals surface area contributed by atoms with Crippen LogP contribution in [0.2, 0.25) is 0 Å². The molecule has 1 aliphatic carbocycles. The number of hydrogen-bond donors (Lipinski definition) is 0. The van der Waals surface area contributed by atoms with Crippen molar-refractivity contribution in [2.24, 2.45) is 0 Å². The van der Waals surface area contributed by atoms with Gasteiger partial charge in [-0.05, 0) is 31.0 Å². The van der Waals surface area contributed by atoms with E-state index in [1.807, 2.05) is 10.6 Å². The summed E-state index contributed by atoms with van der Waals surface area (Å²) in [5.74, 6) is -0.413. The molecule has 27 heavy (non-hydrogen) atoms. The monoisotopic (exact) mass is 366 g/mol. The number of carbonyl (C=O) groups excluding carboxylic acids is 1. The molecule has 7 nitrogen and oxygen atoms in total. The van der Waals surface area contributed by atoms with Crippen LogP contribution in [0.3, 0.4) is 0 Å². The first kappa shape index (κ1) is 17.5. The van der Waals surface area contributed by atoms with Crippen LogP contribution in [-0.4, -0.2) is 32.2 Å². The Morgan fingerprint density at radius 3 is 2.59 bits per heavy atom. The normalized spacial score (nSPS) is 15.1. The molecule has 0 aliphatic heterocycles. The molecular formula is C20H22N4O3. The first-order valence-electron chi connectivity index (χ1n) is 9.26. The molecule has 1 saturated carbocycles. The molecule has 140 valence electrons. The van der Waals surface area contributed by atoms with E-state index in [1.54, 1.807) is 29.1 Å². The van der Waals surface area contributed by atoms with Crippen molar-refractivity contribution in [3.05, 3.63) is 58.5 Å². The van der Waals surface area contributed by atoms with Crippen LogP contribution in [0.1, 0.15) is 54.1 Å². The van der Waals surface area contributed by atoms with E-state index in [1.165, 1.54) is 19.9 Å². The second kappa shape index (κ2) is 7.34. The van der Waals surface area contributed by atoms with Crippen LogP contribution in [0.5, 0.6) is 0 Å². The molecular weight excluding hydrogens is 344 g/mol. The van der Waals surface area contributed by atoms with Crippen LogP contribution < -0.4 is 5.69 Å². The molecule has 1 fully saturated rings. The summed E-state index contributed by atoms with van der Waals surface area (Å²) in [4.78, 5) is 33.4. The molecule has 0 saturated heterocycles. The van der Waals surface area contributed by atoms with Gasteiger partial charge in [-0.1, -0.05) is 19.3 Å². The van der Waals surface area contributed by atoms with Crippen molar-refractivity contribution in [3.63, 3.8) is 0 Å². The highest BCUT2D eigenvalue weighted by molar-refractivity contribution is 5.93. The van der Waals surface area contributed by atoms with E-state index in [9.17, 15) is 9.59 Å². The van der Waals surface area contributed by atoms with E-state index in [2.05, 4.69) is 9.97 Å². The molecule has 7 heteroatoms. The maximum atomic E-state index is 13.3. The van der Waals surface area contributed by atoms with Gasteiger partial charge in [0.15, 0.2) is 0 Å². The number of imidazole rings is 1. The average molecular weight is 366 g/mol. The Bertz CT molecular complexity index is 1020. The van der Waals surface area contributed by atoms with Crippen LogP contribution in [0.25, 0.3) is 11.0 Å². The predicted octanol–water partition coefficient (Wildman–Crippen LogP) is 2.93. The highest BCUT2D eigenvalue weighted by Gasteiger charge is 2.23. The fraction of sp³-hybridized carbons (Fsp3) is 0.400. The highest BCUT2D eigenvalue weighted by atomic mass is 16.5. The summed E-state index contributed by atoms with van der Waals surface area (Å²) in [6, 6.07) is 5.52. The van der Waals surface area contributed by atoms with Gasteiger partial charge >= 0.3 is 11.7 Å². The molecule has 0 bridgehead atoms. The molecule has 0 N–H and O–H groups in total. The maximum absolute atomic E-state index is 13.3. The number of ether oxygens (including phenoxy) is 1. The first-order valence-corrected chi connectivity index (χ1v) is 9.26. The smallest absolute Gasteiger partial charge is 0.337 e. The van der Waals surface area contributed by atoms with Crippen molar-refractivity contribution < 1.29 is 9.53 Å². The van der Waals surface area contributed by atoms with Crippen molar-refractivity contribution in [3.8, 4) is 0 Å². The zero-order valence-electron chi connectivity index (χ0n) is 15.3. The minimum Gasteiger partial charge on any atom is -0.465 e. The number of rotatable bonds is 4. The quantitative estimate of drug-likeness (QED) is 0.663. The second-order valence-corrected chi connectivity index (χ2v) is 6.97. The lowest BCUT2D eigenvalue weighted by atomic mass is 9.95. The summed E-state index contributed by atoms with van der Waals surface area (Å²) in [7, 11) is 1.36. The van der Waals surface area contributed by atoms with Gasteiger partial charge in [0.25, 0.3) is 0 Å². The molecule has 0 radical (unpaired) electrons. The molecule has 0 amide bonds. The number of esters is 1. The fourth-order valence-electron chi connectivity index (χ4n) is 3.96. The van der Waals surface area contributed by atoms with Crippen molar-refractivity contribution in [1.29, 1.82) is 0 Å². The third kappa shape index (κ3) is 3.25. The van der Waals surface area contributed by atoms with Crippen molar-refractivity contribution in [2.75, 3.05) is 7.11 Å². The molecule has 0 spiro atoms. The number of benzene rings is 1. The Morgan fingerprint density at radius 2 is 1.89 bits per heavy atom. The largest absolute Gasteiger partial charge is 0.465 e. The van der Waals surface area contributed by atoms with Crippen molar-refractivity contribution in [1.82, 2.24) is 19.1 Å². The average Bonchev–Trinajstić information content (AvgIpc) is 2.99. The third-order valence-electron chi connectivity index (χ3n) is 5.28. The molecule has 2 heterocycles. The molecule has 2 aromatic heterocycles. The van der Waals surface area contributed by atoms with Gasteiger partial charge in [-0.2, -0.15) is 0 Å². The molecule has 0 unspecified atom stereocenters. The van der Waals surface area contributed by atoms with E-state index >= 15 is 0 Å². The zero-order valence-corrected chi connectivity index (χ0v) is 15.3. The summed E-state index contributed by atoms with van der Waals surface area (Å²) in [6.07, 6.45) is 10.4. The van der Waals surface area contributed by atoms with E-state index < -0.39 is 5.97 Å². The summed E-state index contributed by atoms with van der Waals surface area (Å²) < 4.78 is 8.45. The highest BCUT2D eigenvalue weighted by Crippen LogP contribution is 2.30.